The molecule has 0 radical (unpaired) electrons. The maximum atomic E-state index is 2.46. The highest BCUT2D eigenvalue weighted by Gasteiger charge is 2.29. The third-order valence-corrected chi connectivity index (χ3v) is 13.9. The first-order valence-electron chi connectivity index (χ1n) is 21.7. The van der Waals surface area contributed by atoms with Crippen LogP contribution in [0.4, 0.5) is 0 Å². The van der Waals surface area contributed by atoms with Gasteiger partial charge in [0.1, 0.15) is 0 Å². The highest BCUT2D eigenvalue weighted by molar-refractivity contribution is 6.35. The Balaban J connectivity index is 1.16. The summed E-state index contributed by atoms with van der Waals surface area (Å²) in [6, 6.07) is 81.9. The van der Waals surface area contributed by atoms with Crippen molar-refractivity contribution in [3.05, 3.63) is 218 Å². The van der Waals surface area contributed by atoms with E-state index in [1.807, 2.05) is 0 Å². The van der Waals surface area contributed by atoms with Crippen LogP contribution in [0.5, 0.6) is 0 Å². The Labute approximate surface area is 358 Å². The van der Waals surface area contributed by atoms with E-state index in [0.717, 1.165) is 0 Å². The van der Waals surface area contributed by atoms with Gasteiger partial charge in [0.05, 0.1) is 0 Å². The molecule has 0 aliphatic heterocycles. The maximum Gasteiger partial charge on any atom is -0.000785 e. The van der Waals surface area contributed by atoms with Gasteiger partial charge in [0, 0.05) is 0 Å². The van der Waals surface area contributed by atoms with Gasteiger partial charge in [-0.15, -0.1) is 0 Å². The summed E-state index contributed by atoms with van der Waals surface area (Å²) >= 11 is 0. The molecule has 0 heteroatoms. The number of benzene rings is 13. The summed E-state index contributed by atoms with van der Waals surface area (Å²) in [4.78, 5) is 0. The van der Waals surface area contributed by atoms with Crippen molar-refractivity contribution in [1.29, 1.82) is 0 Å². The summed E-state index contributed by atoms with van der Waals surface area (Å²) in [5, 5.41) is 20.6. The standard InChI is InChI=1S/C62H36/c1-2-16-37(17-3-1)40-34-35-54-60(51-29-13-12-28-50(51)59-52-30-14-18-38-19-15-31-53(56(38)52)61(54)59)62(40)58-48-26-10-8-24-46(48)57(47-25-9-11-27-49(47)58)39-32-33-45-43-22-5-4-20-41(43)42-21-6-7-23-44(42)55(45)36-39/h1-36H. The van der Waals surface area contributed by atoms with E-state index in [2.05, 4.69) is 218 Å². The van der Waals surface area contributed by atoms with E-state index in [4.69, 9.17) is 0 Å². The normalized spacial score (nSPS) is 12.2. The van der Waals surface area contributed by atoms with Crippen LogP contribution in [-0.2, 0) is 0 Å². The maximum absolute atomic E-state index is 2.46. The molecule has 0 unspecified atom stereocenters. The largest absolute Gasteiger partial charge is 0.0622 e. The van der Waals surface area contributed by atoms with Crippen molar-refractivity contribution in [1.82, 2.24) is 0 Å². The SMILES string of the molecule is c1ccc(-c2ccc3c4c(c5ccccc5c3c2-c2c3ccccc3c(-c3ccc5c6ccccc6c6ccccc6c5c3)c3ccccc23)-c2cccc3cccc-4c23)cc1. The molecule has 0 aromatic heterocycles. The van der Waals surface area contributed by atoms with Crippen LogP contribution < -0.4 is 0 Å². The van der Waals surface area contributed by atoms with E-state index in [-0.39, 0.29) is 0 Å². The van der Waals surface area contributed by atoms with Crippen molar-refractivity contribution in [2.45, 2.75) is 0 Å². The third kappa shape index (κ3) is 4.51. The lowest BCUT2D eigenvalue weighted by Gasteiger charge is -2.23. The number of rotatable bonds is 3. The molecule has 0 saturated carbocycles. The highest BCUT2D eigenvalue weighted by Crippen LogP contribution is 2.57. The van der Waals surface area contributed by atoms with Crippen molar-refractivity contribution in [2.24, 2.45) is 0 Å². The molecule has 1 aliphatic rings. The molecule has 62 heavy (non-hydrogen) atoms. The van der Waals surface area contributed by atoms with Gasteiger partial charge >= 0.3 is 0 Å². The van der Waals surface area contributed by atoms with Crippen LogP contribution >= 0.6 is 0 Å². The minimum Gasteiger partial charge on any atom is -0.0622 e. The van der Waals surface area contributed by atoms with Crippen LogP contribution in [0.15, 0.2) is 218 Å². The van der Waals surface area contributed by atoms with Crippen LogP contribution in [0, 0.1) is 0 Å². The van der Waals surface area contributed by atoms with Gasteiger partial charge < -0.3 is 0 Å². The molecule has 0 heterocycles. The Hall–Kier alpha value is -8.06. The zero-order valence-corrected chi connectivity index (χ0v) is 33.8. The lowest BCUT2D eigenvalue weighted by atomic mass is 9.79. The molecule has 0 bridgehead atoms. The van der Waals surface area contributed by atoms with Crippen LogP contribution in [0.25, 0.3) is 142 Å². The van der Waals surface area contributed by atoms with Crippen molar-refractivity contribution < 1.29 is 0 Å². The summed E-state index contributed by atoms with van der Waals surface area (Å²) in [7, 11) is 0. The summed E-state index contributed by atoms with van der Waals surface area (Å²) in [5.74, 6) is 0. The van der Waals surface area contributed by atoms with Gasteiger partial charge in [-0.05, 0) is 148 Å². The third-order valence-electron chi connectivity index (χ3n) is 13.9. The van der Waals surface area contributed by atoms with E-state index in [9.17, 15) is 0 Å². The number of hydrogen-bond acceptors (Lipinski definition) is 0. The van der Waals surface area contributed by atoms with E-state index >= 15 is 0 Å². The highest BCUT2D eigenvalue weighted by atomic mass is 14.3. The van der Waals surface area contributed by atoms with Crippen molar-refractivity contribution in [2.75, 3.05) is 0 Å². The topological polar surface area (TPSA) is 0 Å². The second kappa shape index (κ2) is 12.7. The van der Waals surface area contributed by atoms with Crippen LogP contribution in [0.1, 0.15) is 0 Å². The van der Waals surface area contributed by atoms with Gasteiger partial charge in [-0.3, -0.25) is 0 Å². The summed E-state index contributed by atoms with van der Waals surface area (Å²) < 4.78 is 0. The zero-order valence-electron chi connectivity index (χ0n) is 33.8. The first-order chi connectivity index (χ1) is 30.8. The molecule has 0 saturated heterocycles. The van der Waals surface area contributed by atoms with Gasteiger partial charge in [-0.25, -0.2) is 0 Å². The second-order valence-electron chi connectivity index (χ2n) is 17.0. The molecule has 284 valence electrons. The molecule has 13 aromatic carbocycles. The molecule has 13 aromatic rings. The monoisotopic (exact) mass is 780 g/mol. The summed E-state index contributed by atoms with van der Waals surface area (Å²) in [6.45, 7) is 0. The van der Waals surface area contributed by atoms with Gasteiger partial charge in [0.25, 0.3) is 0 Å². The van der Waals surface area contributed by atoms with Gasteiger partial charge in [0.15, 0.2) is 0 Å². The smallest absolute Gasteiger partial charge is 0.000785 e. The average molecular weight is 781 g/mol. The van der Waals surface area contributed by atoms with Gasteiger partial charge in [0.2, 0.25) is 0 Å². The second-order valence-corrected chi connectivity index (χ2v) is 17.0. The molecule has 0 nitrogen and oxygen atoms in total. The Morgan fingerprint density at radius 2 is 0.613 bits per heavy atom. The van der Waals surface area contributed by atoms with E-state index in [1.54, 1.807) is 0 Å². The van der Waals surface area contributed by atoms with E-state index in [1.165, 1.54) is 142 Å². The fourth-order valence-electron chi connectivity index (χ4n) is 11.5. The van der Waals surface area contributed by atoms with Crippen molar-refractivity contribution in [3.63, 3.8) is 0 Å². The van der Waals surface area contributed by atoms with Crippen molar-refractivity contribution in [3.8, 4) is 55.6 Å². The fraction of sp³-hybridized carbons (Fsp3) is 0. The van der Waals surface area contributed by atoms with E-state index < -0.39 is 0 Å². The molecule has 14 rings (SSSR count). The summed E-state index contributed by atoms with van der Waals surface area (Å²) in [6.07, 6.45) is 0. The number of hydrogen-bond donors (Lipinski definition) is 0. The minimum atomic E-state index is 1.21. The molecule has 0 amide bonds. The first-order valence-corrected chi connectivity index (χ1v) is 21.7. The lowest BCUT2D eigenvalue weighted by molar-refractivity contribution is 1.64. The molecule has 0 atom stereocenters. The predicted molar refractivity (Wildman–Crippen MR) is 267 cm³/mol. The molecular formula is C62H36. The average Bonchev–Trinajstić information content (AvgIpc) is 3.69. The first kappa shape index (κ1) is 33.7. The van der Waals surface area contributed by atoms with Crippen LogP contribution in [0.3, 0.4) is 0 Å². The minimum absolute atomic E-state index is 1.21. The Bertz CT molecular complexity index is 3980. The van der Waals surface area contributed by atoms with Crippen molar-refractivity contribution >= 4 is 86.2 Å². The Kier molecular flexibility index (Phi) is 6.92. The Morgan fingerprint density at radius 3 is 1.19 bits per heavy atom. The van der Waals surface area contributed by atoms with Gasteiger partial charge in [-0.2, -0.15) is 0 Å². The van der Waals surface area contributed by atoms with Crippen LogP contribution in [-0.4, -0.2) is 0 Å². The molecule has 0 fully saturated rings. The quantitative estimate of drug-likeness (QED) is 0.124. The molecular weight excluding hydrogens is 745 g/mol. The molecule has 0 spiro atoms. The van der Waals surface area contributed by atoms with Crippen LogP contribution in [0.2, 0.25) is 0 Å². The molecule has 0 N–H and O–H groups in total. The fourth-order valence-corrected chi connectivity index (χ4v) is 11.5. The number of fused-ring (bicyclic) bond motifs is 16. The summed E-state index contributed by atoms with van der Waals surface area (Å²) in [5.41, 5.74) is 12.9. The zero-order chi connectivity index (χ0) is 40.5. The van der Waals surface area contributed by atoms with E-state index in [0.29, 0.717) is 0 Å². The predicted octanol–water partition coefficient (Wildman–Crippen LogP) is 17.6. The Morgan fingerprint density at radius 1 is 0.177 bits per heavy atom. The van der Waals surface area contributed by atoms with Gasteiger partial charge in [-0.1, -0.05) is 212 Å². The lowest BCUT2D eigenvalue weighted by Crippen LogP contribution is -1.96. The molecule has 1 aliphatic carbocycles.